The number of hydrogen-bond donors (Lipinski definition) is 1. The van der Waals surface area contributed by atoms with E-state index in [2.05, 4.69) is 5.43 Å². The molecule has 0 spiro atoms. The summed E-state index contributed by atoms with van der Waals surface area (Å²) >= 11 is 0. The van der Waals surface area contributed by atoms with E-state index >= 15 is 0 Å². The van der Waals surface area contributed by atoms with Crippen LogP contribution in [-0.4, -0.2) is 4.68 Å². The minimum atomic E-state index is -0.388. The summed E-state index contributed by atoms with van der Waals surface area (Å²) in [6.45, 7) is 7.28. The normalized spacial score (nSPS) is 12.5. The molecule has 1 atom stereocenters. The molecule has 0 amide bonds. The van der Waals surface area contributed by atoms with Crippen LogP contribution in [0.4, 0.5) is 8.78 Å². The zero-order valence-corrected chi connectivity index (χ0v) is 11.6. The Bertz CT molecular complexity index is 583. The smallest absolute Gasteiger partial charge is 0.128 e. The van der Waals surface area contributed by atoms with Crippen LogP contribution in [0.1, 0.15) is 35.5 Å². The second-order valence-electron chi connectivity index (χ2n) is 4.93. The molecule has 1 aromatic heterocycles. The number of aromatic nitrogens is 1. The molecule has 1 N–H and O–H groups in total. The van der Waals surface area contributed by atoms with Crippen molar-refractivity contribution < 1.29 is 8.78 Å². The van der Waals surface area contributed by atoms with Crippen molar-refractivity contribution in [2.45, 2.75) is 33.7 Å². The number of aryl methyl sites for hydroxylation is 3. The van der Waals surface area contributed by atoms with Gasteiger partial charge in [-0.15, -0.1) is 0 Å². The molecule has 0 aliphatic rings. The average molecular weight is 264 g/mol. The fourth-order valence-corrected chi connectivity index (χ4v) is 2.13. The van der Waals surface area contributed by atoms with Gasteiger partial charge in [-0.2, -0.15) is 0 Å². The molecule has 1 unspecified atom stereocenters. The summed E-state index contributed by atoms with van der Waals surface area (Å²) in [6, 6.07) is 6.12. The van der Waals surface area contributed by atoms with E-state index in [1.807, 2.05) is 37.6 Å². The first-order chi connectivity index (χ1) is 8.90. The van der Waals surface area contributed by atoms with Crippen molar-refractivity contribution in [1.29, 1.82) is 0 Å². The molecule has 0 aliphatic heterocycles. The van der Waals surface area contributed by atoms with Crippen LogP contribution >= 0.6 is 0 Å². The van der Waals surface area contributed by atoms with Gasteiger partial charge in [-0.25, -0.2) is 8.78 Å². The fourth-order valence-electron chi connectivity index (χ4n) is 2.13. The van der Waals surface area contributed by atoms with Crippen LogP contribution < -0.4 is 5.43 Å². The Hall–Kier alpha value is -1.84. The summed E-state index contributed by atoms with van der Waals surface area (Å²) in [7, 11) is 0. The van der Waals surface area contributed by atoms with E-state index in [4.69, 9.17) is 0 Å². The van der Waals surface area contributed by atoms with Gasteiger partial charge in [0.25, 0.3) is 0 Å². The molecule has 0 radical (unpaired) electrons. The van der Waals surface area contributed by atoms with Gasteiger partial charge in [0.2, 0.25) is 0 Å². The van der Waals surface area contributed by atoms with Crippen molar-refractivity contribution in [1.82, 2.24) is 4.68 Å². The van der Waals surface area contributed by atoms with Gasteiger partial charge in [0.1, 0.15) is 11.6 Å². The highest BCUT2D eigenvalue weighted by atomic mass is 19.1. The summed E-state index contributed by atoms with van der Waals surface area (Å²) in [5, 5.41) is 0. The molecular formula is C15H18F2N2. The first-order valence-electron chi connectivity index (χ1n) is 6.27. The van der Waals surface area contributed by atoms with Gasteiger partial charge in [0, 0.05) is 17.0 Å². The van der Waals surface area contributed by atoms with Crippen molar-refractivity contribution in [2.75, 3.05) is 5.43 Å². The lowest BCUT2D eigenvalue weighted by atomic mass is 10.1. The monoisotopic (exact) mass is 264 g/mol. The van der Waals surface area contributed by atoms with E-state index in [0.29, 0.717) is 11.1 Å². The molecule has 2 aromatic rings. The Balaban J connectivity index is 2.30. The zero-order chi connectivity index (χ0) is 14.2. The van der Waals surface area contributed by atoms with Gasteiger partial charge in [-0.3, -0.25) is 4.68 Å². The van der Waals surface area contributed by atoms with Crippen molar-refractivity contribution in [2.24, 2.45) is 0 Å². The molecule has 4 heteroatoms. The summed E-state index contributed by atoms with van der Waals surface area (Å²) in [6.07, 6.45) is 0. The van der Waals surface area contributed by atoms with Gasteiger partial charge >= 0.3 is 0 Å². The quantitative estimate of drug-likeness (QED) is 0.886. The second kappa shape index (κ2) is 5.03. The van der Waals surface area contributed by atoms with Crippen LogP contribution in [0, 0.1) is 32.4 Å². The number of halogens is 2. The summed E-state index contributed by atoms with van der Waals surface area (Å²) in [5.41, 5.74) is 5.87. The number of nitrogens with one attached hydrogen (secondary N) is 1. The Labute approximate surface area is 112 Å². The Morgan fingerprint density at radius 3 is 2.16 bits per heavy atom. The van der Waals surface area contributed by atoms with Crippen LogP contribution in [0.15, 0.2) is 24.3 Å². The first-order valence-corrected chi connectivity index (χ1v) is 6.27. The maximum atomic E-state index is 13.9. The number of hydrogen-bond acceptors (Lipinski definition) is 1. The van der Waals surface area contributed by atoms with Gasteiger partial charge in [-0.1, -0.05) is 0 Å². The molecule has 1 aromatic carbocycles. The zero-order valence-electron chi connectivity index (χ0n) is 11.6. The highest BCUT2D eigenvalue weighted by Crippen LogP contribution is 2.22. The van der Waals surface area contributed by atoms with Gasteiger partial charge in [-0.05, 0) is 57.5 Å². The third kappa shape index (κ3) is 2.62. The highest BCUT2D eigenvalue weighted by molar-refractivity contribution is 5.29. The Morgan fingerprint density at radius 1 is 1.00 bits per heavy atom. The molecule has 0 saturated heterocycles. The highest BCUT2D eigenvalue weighted by Gasteiger charge is 2.15. The first kappa shape index (κ1) is 13.6. The maximum Gasteiger partial charge on any atom is 0.128 e. The average Bonchev–Trinajstić information content (AvgIpc) is 2.65. The van der Waals surface area contributed by atoms with E-state index in [0.717, 1.165) is 11.4 Å². The van der Waals surface area contributed by atoms with Gasteiger partial charge in [0.05, 0.1) is 6.04 Å². The van der Waals surface area contributed by atoms with E-state index in [-0.39, 0.29) is 17.7 Å². The predicted molar refractivity (Wildman–Crippen MR) is 72.8 cm³/mol. The van der Waals surface area contributed by atoms with Gasteiger partial charge in [0.15, 0.2) is 0 Å². The lowest BCUT2D eigenvalue weighted by Gasteiger charge is -2.20. The topological polar surface area (TPSA) is 17.0 Å². The molecule has 19 heavy (non-hydrogen) atoms. The predicted octanol–water partition coefficient (Wildman–Crippen LogP) is 4.00. The van der Waals surface area contributed by atoms with Crippen molar-refractivity contribution >= 4 is 0 Å². The Kier molecular flexibility index (Phi) is 3.60. The van der Waals surface area contributed by atoms with Crippen molar-refractivity contribution in [3.8, 4) is 0 Å². The lowest BCUT2D eigenvalue weighted by Crippen LogP contribution is -2.22. The SMILES string of the molecule is Cc1cc(F)c(C(C)Nn2c(C)ccc2C)cc1F. The van der Waals surface area contributed by atoms with Crippen LogP contribution in [0.25, 0.3) is 0 Å². The van der Waals surface area contributed by atoms with Crippen LogP contribution in [0.2, 0.25) is 0 Å². The minimum Gasteiger partial charge on any atom is -0.319 e. The second-order valence-corrected chi connectivity index (χ2v) is 4.93. The molecule has 102 valence electrons. The molecule has 0 aliphatic carbocycles. The third-order valence-corrected chi connectivity index (χ3v) is 3.34. The summed E-state index contributed by atoms with van der Waals surface area (Å²) < 4.78 is 29.3. The number of rotatable bonds is 3. The standard InChI is InChI=1S/C15H18F2N2/c1-9-7-15(17)13(8-14(9)16)12(4)18-19-10(2)5-6-11(19)3/h5-8,12,18H,1-4H3. The third-order valence-electron chi connectivity index (χ3n) is 3.34. The van der Waals surface area contributed by atoms with Crippen molar-refractivity contribution in [3.05, 3.63) is 58.4 Å². The lowest BCUT2D eigenvalue weighted by molar-refractivity contribution is 0.561. The summed E-state index contributed by atoms with van der Waals surface area (Å²) in [4.78, 5) is 0. The largest absolute Gasteiger partial charge is 0.319 e. The van der Waals surface area contributed by atoms with Crippen LogP contribution in [0.3, 0.4) is 0 Å². The number of nitrogens with zero attached hydrogens (tertiary/aromatic N) is 1. The molecule has 0 saturated carbocycles. The van der Waals surface area contributed by atoms with Crippen LogP contribution in [0.5, 0.6) is 0 Å². The Morgan fingerprint density at radius 2 is 1.58 bits per heavy atom. The maximum absolute atomic E-state index is 13.9. The van der Waals surface area contributed by atoms with Crippen LogP contribution in [-0.2, 0) is 0 Å². The van der Waals surface area contributed by atoms with Crippen molar-refractivity contribution in [3.63, 3.8) is 0 Å². The van der Waals surface area contributed by atoms with E-state index in [1.54, 1.807) is 6.92 Å². The molecule has 2 nitrogen and oxygen atoms in total. The van der Waals surface area contributed by atoms with Gasteiger partial charge < -0.3 is 5.43 Å². The molecule has 0 bridgehead atoms. The fraction of sp³-hybridized carbons (Fsp3) is 0.333. The van der Waals surface area contributed by atoms with E-state index in [9.17, 15) is 8.78 Å². The summed E-state index contributed by atoms with van der Waals surface area (Å²) in [5.74, 6) is -0.771. The minimum absolute atomic E-state index is 0.320. The van der Waals surface area contributed by atoms with E-state index < -0.39 is 0 Å². The molecular weight excluding hydrogens is 246 g/mol. The molecule has 2 rings (SSSR count). The van der Waals surface area contributed by atoms with E-state index in [1.165, 1.54) is 12.1 Å². The molecule has 1 heterocycles. The molecule has 0 fully saturated rings. The number of benzene rings is 1.